The molecule has 0 spiro atoms. The lowest BCUT2D eigenvalue weighted by atomic mass is 10.1. The number of aryl methyl sites for hydroxylation is 2. The van der Waals surface area contributed by atoms with Crippen LogP contribution in [0.1, 0.15) is 58.2 Å². The molecule has 31 heavy (non-hydrogen) atoms. The molecule has 0 fully saturated rings. The van der Waals surface area contributed by atoms with E-state index in [1.54, 1.807) is 6.08 Å². The van der Waals surface area contributed by atoms with Crippen LogP contribution in [0, 0.1) is 6.92 Å². The van der Waals surface area contributed by atoms with Crippen LogP contribution >= 0.6 is 0 Å². The lowest BCUT2D eigenvalue weighted by molar-refractivity contribution is -0.112. The summed E-state index contributed by atoms with van der Waals surface area (Å²) in [5.74, 6) is 0.0203. The summed E-state index contributed by atoms with van der Waals surface area (Å²) in [5, 5.41) is 6.37. The topological polar surface area (TPSA) is 41.1 Å². The van der Waals surface area contributed by atoms with Crippen molar-refractivity contribution in [1.82, 2.24) is 5.32 Å². The number of hydrogen-bond donors (Lipinski definition) is 2. The molecule has 0 radical (unpaired) electrons. The minimum Gasteiger partial charge on any atom is -0.379 e. The monoisotopic (exact) mass is 420 g/mol. The quantitative estimate of drug-likeness (QED) is 0.440. The second-order valence-corrected chi connectivity index (χ2v) is 7.24. The van der Waals surface area contributed by atoms with E-state index in [0.717, 1.165) is 29.1 Å². The van der Waals surface area contributed by atoms with E-state index >= 15 is 0 Å². The van der Waals surface area contributed by atoms with E-state index in [4.69, 9.17) is 0 Å². The van der Waals surface area contributed by atoms with E-state index in [-0.39, 0.29) is 5.78 Å². The van der Waals surface area contributed by atoms with Crippen molar-refractivity contribution in [3.05, 3.63) is 95.8 Å². The van der Waals surface area contributed by atoms with Crippen LogP contribution in [-0.4, -0.2) is 12.3 Å². The Morgan fingerprint density at radius 1 is 0.935 bits per heavy atom. The second kappa shape index (κ2) is 15.7. The lowest BCUT2D eigenvalue weighted by Crippen LogP contribution is -2.19. The zero-order chi connectivity index (χ0) is 23.8. The third-order valence-electron chi connectivity index (χ3n) is 4.14. The van der Waals surface area contributed by atoms with Gasteiger partial charge >= 0.3 is 0 Å². The van der Waals surface area contributed by atoms with Gasteiger partial charge in [-0.1, -0.05) is 81.5 Å². The number of benzene rings is 2. The van der Waals surface area contributed by atoms with Gasteiger partial charge in [-0.3, -0.25) is 4.79 Å². The molecule has 2 aromatic rings. The standard InChI is InChI=1S/C16H22N2O.C10H12.C2H6/c1-5-14-6-8-15(9-7-14)17-11-16(10-13(4)19)18-12(2)3;1-8(2)10-6-4-9(3)5-7-10;1-2/h6-10,17-18H,2,5,11H2,1,3-4H3;4-7H,1H2,2-3H3;1-2H3/b16-10-;;. The first-order chi connectivity index (χ1) is 14.7. The zero-order valence-electron chi connectivity index (χ0n) is 20.4. The highest BCUT2D eigenvalue weighted by atomic mass is 16.1. The minimum absolute atomic E-state index is 0.0203. The first-order valence-corrected chi connectivity index (χ1v) is 10.9. The molecule has 0 bridgehead atoms. The molecule has 2 aromatic carbocycles. The molecule has 0 aromatic heterocycles. The smallest absolute Gasteiger partial charge is 0.154 e. The van der Waals surface area contributed by atoms with Crippen LogP contribution in [-0.2, 0) is 11.2 Å². The molecule has 0 aliphatic rings. The van der Waals surface area contributed by atoms with Gasteiger partial charge in [0.05, 0.1) is 6.54 Å². The molecule has 0 heterocycles. The van der Waals surface area contributed by atoms with E-state index < -0.39 is 0 Å². The number of nitrogens with one attached hydrogen (secondary N) is 2. The van der Waals surface area contributed by atoms with Gasteiger partial charge in [0.1, 0.15) is 0 Å². The Morgan fingerprint density at radius 3 is 1.90 bits per heavy atom. The number of carbonyl (C=O) groups excluding carboxylic acids is 1. The van der Waals surface area contributed by atoms with Gasteiger partial charge in [-0.2, -0.15) is 0 Å². The molecule has 0 aliphatic heterocycles. The molecule has 3 nitrogen and oxygen atoms in total. The predicted molar refractivity (Wildman–Crippen MR) is 138 cm³/mol. The number of rotatable bonds is 8. The van der Waals surface area contributed by atoms with Crippen LogP contribution in [0.15, 0.2) is 79.2 Å². The molecule has 168 valence electrons. The van der Waals surface area contributed by atoms with E-state index in [9.17, 15) is 4.79 Å². The third kappa shape index (κ3) is 13.0. The molecular weight excluding hydrogens is 380 g/mol. The fraction of sp³-hybridized carbons (Fsp3) is 0.321. The Balaban J connectivity index is 0.000000628. The third-order valence-corrected chi connectivity index (χ3v) is 4.14. The average Bonchev–Trinajstić information content (AvgIpc) is 2.74. The highest BCUT2D eigenvalue weighted by Gasteiger charge is 2.00. The first kappa shape index (κ1) is 27.9. The largest absolute Gasteiger partial charge is 0.379 e. The Morgan fingerprint density at radius 2 is 1.48 bits per heavy atom. The van der Waals surface area contributed by atoms with Crippen molar-refractivity contribution in [2.75, 3.05) is 11.9 Å². The summed E-state index contributed by atoms with van der Waals surface area (Å²) in [7, 11) is 0. The van der Waals surface area contributed by atoms with Gasteiger partial charge < -0.3 is 10.6 Å². The molecule has 2 rings (SSSR count). The summed E-state index contributed by atoms with van der Waals surface area (Å²) in [4.78, 5) is 11.2. The minimum atomic E-state index is 0.0203. The van der Waals surface area contributed by atoms with Gasteiger partial charge in [-0.15, -0.1) is 0 Å². The van der Waals surface area contributed by atoms with Crippen molar-refractivity contribution in [2.45, 2.75) is 54.9 Å². The van der Waals surface area contributed by atoms with Crippen molar-refractivity contribution in [3.63, 3.8) is 0 Å². The summed E-state index contributed by atoms with van der Waals surface area (Å²) < 4.78 is 0. The lowest BCUT2D eigenvalue weighted by Gasteiger charge is -2.12. The van der Waals surface area contributed by atoms with E-state index in [2.05, 4.69) is 74.0 Å². The van der Waals surface area contributed by atoms with Crippen LogP contribution in [0.25, 0.3) is 5.57 Å². The fourth-order valence-electron chi connectivity index (χ4n) is 2.54. The highest BCUT2D eigenvalue weighted by molar-refractivity contribution is 5.88. The number of hydrogen-bond acceptors (Lipinski definition) is 3. The Hall–Kier alpha value is -3.07. The summed E-state index contributed by atoms with van der Waals surface area (Å²) in [6.07, 6.45) is 2.62. The fourth-order valence-corrected chi connectivity index (χ4v) is 2.54. The van der Waals surface area contributed by atoms with E-state index in [0.29, 0.717) is 6.54 Å². The Labute approximate surface area is 190 Å². The van der Waals surface area contributed by atoms with Crippen molar-refractivity contribution in [3.8, 4) is 0 Å². The number of allylic oxidation sites excluding steroid dienone is 3. The van der Waals surface area contributed by atoms with Crippen molar-refractivity contribution >= 4 is 17.0 Å². The van der Waals surface area contributed by atoms with Crippen molar-refractivity contribution in [1.29, 1.82) is 0 Å². The maximum Gasteiger partial charge on any atom is 0.154 e. The Kier molecular flexibility index (Phi) is 14.2. The number of anilines is 1. The van der Waals surface area contributed by atoms with Crippen LogP contribution < -0.4 is 10.6 Å². The highest BCUT2D eigenvalue weighted by Crippen LogP contribution is 2.11. The number of ketones is 1. The summed E-state index contributed by atoms with van der Waals surface area (Å²) in [6, 6.07) is 16.7. The van der Waals surface area contributed by atoms with Gasteiger partial charge in [0, 0.05) is 23.2 Å². The maximum absolute atomic E-state index is 11.2. The van der Waals surface area contributed by atoms with Crippen LogP contribution in [0.3, 0.4) is 0 Å². The Bertz CT molecular complexity index is 844. The van der Waals surface area contributed by atoms with Gasteiger partial charge in [-0.25, -0.2) is 0 Å². The molecule has 0 atom stereocenters. The molecule has 0 saturated carbocycles. The summed E-state index contributed by atoms with van der Waals surface area (Å²) in [6.45, 7) is 21.9. The second-order valence-electron chi connectivity index (χ2n) is 7.24. The zero-order valence-corrected chi connectivity index (χ0v) is 20.4. The van der Waals surface area contributed by atoms with Crippen molar-refractivity contribution < 1.29 is 4.79 Å². The predicted octanol–water partition coefficient (Wildman–Crippen LogP) is 7.31. The van der Waals surface area contributed by atoms with Crippen LogP contribution in [0.5, 0.6) is 0 Å². The van der Waals surface area contributed by atoms with Crippen LogP contribution in [0.2, 0.25) is 0 Å². The molecule has 0 aliphatic carbocycles. The van der Waals surface area contributed by atoms with Gasteiger partial charge in [0.15, 0.2) is 5.78 Å². The molecular formula is C28H40N2O. The van der Waals surface area contributed by atoms with Crippen molar-refractivity contribution in [2.24, 2.45) is 0 Å². The maximum atomic E-state index is 11.2. The number of carbonyl (C=O) groups is 1. The van der Waals surface area contributed by atoms with Crippen LogP contribution in [0.4, 0.5) is 5.69 Å². The van der Waals surface area contributed by atoms with E-state index in [1.165, 1.54) is 23.6 Å². The van der Waals surface area contributed by atoms with Gasteiger partial charge in [-0.05, 0) is 57.4 Å². The summed E-state index contributed by atoms with van der Waals surface area (Å²) >= 11 is 0. The van der Waals surface area contributed by atoms with Gasteiger partial charge in [0.25, 0.3) is 0 Å². The normalized spacial score (nSPS) is 9.97. The SMILES string of the molecule is C=C(C)N/C(=C\C(C)=O)CNc1ccc(CC)cc1.C=C(C)c1ccc(C)cc1.CC. The van der Waals surface area contributed by atoms with E-state index in [1.807, 2.05) is 39.8 Å². The summed E-state index contributed by atoms with van der Waals surface area (Å²) in [5.41, 5.74) is 7.63. The molecule has 0 amide bonds. The average molecular weight is 421 g/mol. The first-order valence-electron chi connectivity index (χ1n) is 10.9. The van der Waals surface area contributed by atoms with Gasteiger partial charge in [0.2, 0.25) is 0 Å². The molecule has 0 unspecified atom stereocenters. The molecule has 0 saturated heterocycles. The molecule has 3 heteroatoms. The molecule has 2 N–H and O–H groups in total.